The fourth-order valence-electron chi connectivity index (χ4n) is 4.58. The van der Waals surface area contributed by atoms with Crippen molar-refractivity contribution in [2.24, 2.45) is 5.92 Å². The van der Waals surface area contributed by atoms with E-state index < -0.39 is 15.9 Å². The molecule has 10 nitrogen and oxygen atoms in total. The van der Waals surface area contributed by atoms with Crippen molar-refractivity contribution in [2.75, 3.05) is 18.4 Å². The largest absolute Gasteiger partial charge is 0.490 e. The number of amides is 2. The van der Waals surface area contributed by atoms with E-state index in [1.54, 1.807) is 12.1 Å². The number of carbonyl (C=O) groups excluding carboxylic acids is 2. The zero-order chi connectivity index (χ0) is 25.9. The van der Waals surface area contributed by atoms with Crippen LogP contribution >= 0.6 is 34.5 Å². The summed E-state index contributed by atoms with van der Waals surface area (Å²) in [5, 5.41) is 10.6. The number of hydrogen-bond acceptors (Lipinski definition) is 9. The fraction of sp³-hybridized carbons (Fsp3) is 0.545. The standard InChI is InChI=1S/C22H27Cl2N5O5S2/c1-13(30)25-21-26-27-22(35-21)36(32,33)28-20(31)14-2-4-15(5-3-14)29-10-8-16(9-11-29)34-17-6-7-18(23)19(24)12-17/h6-7,12,14-16H,2-5,8-11H2,1H3,(H,28,31)(H,25,26,30). The molecule has 1 aromatic heterocycles. The molecule has 1 saturated heterocycles. The Kier molecular flexibility index (Phi) is 8.71. The van der Waals surface area contributed by atoms with Crippen LogP contribution in [-0.2, 0) is 19.6 Å². The molecule has 196 valence electrons. The minimum atomic E-state index is -4.14. The number of benzene rings is 1. The van der Waals surface area contributed by atoms with E-state index in [1.807, 2.05) is 6.07 Å². The molecule has 1 aromatic carbocycles. The first-order valence-corrected chi connectivity index (χ1v) is 14.7. The Morgan fingerprint density at radius 1 is 1.06 bits per heavy atom. The van der Waals surface area contributed by atoms with Crippen molar-refractivity contribution in [3.8, 4) is 5.75 Å². The molecule has 1 saturated carbocycles. The first kappa shape index (κ1) is 27.1. The molecule has 2 heterocycles. The third kappa shape index (κ3) is 6.86. The number of halogens is 2. The van der Waals surface area contributed by atoms with Gasteiger partial charge in [-0.1, -0.05) is 34.5 Å². The third-order valence-electron chi connectivity index (χ3n) is 6.41. The Labute approximate surface area is 223 Å². The summed E-state index contributed by atoms with van der Waals surface area (Å²) in [7, 11) is -4.14. The minimum absolute atomic E-state index is 0.0574. The second-order valence-corrected chi connectivity index (χ2v) is 12.6. The van der Waals surface area contributed by atoms with E-state index in [1.165, 1.54) is 6.92 Å². The number of anilines is 1. The van der Waals surface area contributed by atoms with Crippen LogP contribution in [0.25, 0.3) is 0 Å². The maximum Gasteiger partial charge on any atom is 0.293 e. The van der Waals surface area contributed by atoms with Gasteiger partial charge in [-0.15, -0.1) is 10.2 Å². The lowest BCUT2D eigenvalue weighted by Gasteiger charge is -2.40. The second-order valence-electron chi connectivity index (χ2n) is 8.96. The topological polar surface area (TPSA) is 131 Å². The van der Waals surface area contributed by atoms with Crippen molar-refractivity contribution in [2.45, 2.75) is 61.9 Å². The Morgan fingerprint density at radius 2 is 1.75 bits per heavy atom. The van der Waals surface area contributed by atoms with Gasteiger partial charge in [0.2, 0.25) is 16.9 Å². The first-order valence-electron chi connectivity index (χ1n) is 11.6. The Hall–Kier alpha value is -1.99. The zero-order valence-electron chi connectivity index (χ0n) is 19.6. The van der Waals surface area contributed by atoms with Crippen molar-refractivity contribution in [3.63, 3.8) is 0 Å². The maximum atomic E-state index is 12.7. The number of hydrogen-bond donors (Lipinski definition) is 2. The fourth-order valence-corrected chi connectivity index (χ4v) is 6.86. The molecule has 2 aliphatic rings. The number of carbonyl (C=O) groups is 2. The average molecular weight is 577 g/mol. The summed E-state index contributed by atoms with van der Waals surface area (Å²) in [6.07, 6.45) is 4.75. The molecular formula is C22H27Cl2N5O5S2. The van der Waals surface area contributed by atoms with Crippen molar-refractivity contribution in [1.29, 1.82) is 0 Å². The van der Waals surface area contributed by atoms with Crippen molar-refractivity contribution < 1.29 is 22.7 Å². The number of aromatic nitrogens is 2. The van der Waals surface area contributed by atoms with E-state index in [-0.39, 0.29) is 27.4 Å². The predicted octanol–water partition coefficient (Wildman–Crippen LogP) is 3.71. The van der Waals surface area contributed by atoms with Gasteiger partial charge in [-0.05, 0) is 50.7 Å². The van der Waals surface area contributed by atoms with Gasteiger partial charge in [-0.3, -0.25) is 9.59 Å². The van der Waals surface area contributed by atoms with Gasteiger partial charge < -0.3 is 15.0 Å². The second kappa shape index (κ2) is 11.6. The molecule has 0 bridgehead atoms. The number of piperidine rings is 1. The Morgan fingerprint density at radius 3 is 2.39 bits per heavy atom. The maximum absolute atomic E-state index is 12.7. The van der Waals surface area contributed by atoms with Gasteiger partial charge in [0.25, 0.3) is 14.4 Å². The van der Waals surface area contributed by atoms with E-state index in [9.17, 15) is 18.0 Å². The Balaban J connectivity index is 1.22. The van der Waals surface area contributed by atoms with E-state index >= 15 is 0 Å². The van der Waals surface area contributed by atoms with Gasteiger partial charge >= 0.3 is 0 Å². The summed E-state index contributed by atoms with van der Waals surface area (Å²) < 4.78 is 32.9. The smallest absolute Gasteiger partial charge is 0.293 e. The number of nitrogens with zero attached hydrogens (tertiary/aromatic N) is 3. The van der Waals surface area contributed by atoms with E-state index in [0.29, 0.717) is 46.0 Å². The first-order chi connectivity index (χ1) is 17.1. The molecule has 2 aromatic rings. The summed E-state index contributed by atoms with van der Waals surface area (Å²) in [6, 6.07) is 5.64. The quantitative estimate of drug-likeness (QED) is 0.477. The molecule has 36 heavy (non-hydrogen) atoms. The molecule has 2 N–H and O–H groups in total. The molecule has 0 atom stereocenters. The number of nitrogens with one attached hydrogen (secondary N) is 2. The van der Waals surface area contributed by atoms with E-state index in [0.717, 1.165) is 38.8 Å². The molecule has 2 fully saturated rings. The summed E-state index contributed by atoms with van der Waals surface area (Å²) >= 11 is 12.7. The van der Waals surface area contributed by atoms with Gasteiger partial charge in [-0.2, -0.15) is 8.42 Å². The highest BCUT2D eigenvalue weighted by molar-refractivity contribution is 7.92. The summed E-state index contributed by atoms with van der Waals surface area (Å²) in [5.41, 5.74) is 0. The van der Waals surface area contributed by atoms with Crippen LogP contribution in [0, 0.1) is 5.92 Å². The lowest BCUT2D eigenvalue weighted by atomic mass is 9.84. The highest BCUT2D eigenvalue weighted by Crippen LogP contribution is 2.32. The van der Waals surface area contributed by atoms with Crippen LogP contribution in [0.2, 0.25) is 10.0 Å². The molecular weight excluding hydrogens is 549 g/mol. The van der Waals surface area contributed by atoms with Crippen LogP contribution in [0.1, 0.15) is 45.4 Å². The van der Waals surface area contributed by atoms with Crippen LogP contribution in [-0.4, -0.2) is 60.6 Å². The molecule has 0 radical (unpaired) electrons. The molecule has 0 spiro atoms. The van der Waals surface area contributed by atoms with Crippen LogP contribution in [0.15, 0.2) is 22.5 Å². The summed E-state index contributed by atoms with van der Waals surface area (Å²) in [4.78, 5) is 26.2. The molecule has 0 unspecified atom stereocenters. The van der Waals surface area contributed by atoms with Crippen LogP contribution < -0.4 is 14.8 Å². The molecule has 4 rings (SSSR count). The predicted molar refractivity (Wildman–Crippen MR) is 137 cm³/mol. The molecule has 1 aliphatic carbocycles. The lowest BCUT2D eigenvalue weighted by molar-refractivity contribution is -0.124. The van der Waals surface area contributed by atoms with Gasteiger partial charge in [-0.25, -0.2) is 4.72 Å². The lowest BCUT2D eigenvalue weighted by Crippen LogP contribution is -2.46. The van der Waals surface area contributed by atoms with Gasteiger partial charge in [0.05, 0.1) is 10.0 Å². The Bertz CT molecular complexity index is 1210. The normalized spacial score (nSPS) is 21.6. The van der Waals surface area contributed by atoms with Crippen LogP contribution in [0.5, 0.6) is 5.75 Å². The molecule has 1 aliphatic heterocycles. The number of sulfonamides is 1. The third-order valence-corrected chi connectivity index (χ3v) is 9.70. The highest BCUT2D eigenvalue weighted by Gasteiger charge is 2.34. The molecule has 2 amide bonds. The van der Waals surface area contributed by atoms with Crippen molar-refractivity contribution in [1.82, 2.24) is 19.8 Å². The van der Waals surface area contributed by atoms with Gasteiger partial charge in [0.15, 0.2) is 0 Å². The SMILES string of the molecule is CC(=O)Nc1nnc(S(=O)(=O)NC(=O)C2CCC(N3CCC(Oc4ccc(Cl)c(Cl)c4)CC3)CC2)s1. The molecule has 14 heteroatoms. The van der Waals surface area contributed by atoms with Crippen molar-refractivity contribution in [3.05, 3.63) is 28.2 Å². The average Bonchev–Trinajstić information content (AvgIpc) is 3.31. The van der Waals surface area contributed by atoms with Crippen molar-refractivity contribution >= 4 is 61.5 Å². The van der Waals surface area contributed by atoms with E-state index in [2.05, 4.69) is 25.1 Å². The number of ether oxygens (including phenoxy) is 1. The zero-order valence-corrected chi connectivity index (χ0v) is 22.7. The van der Waals surface area contributed by atoms with E-state index in [4.69, 9.17) is 27.9 Å². The number of likely N-dealkylation sites (tertiary alicyclic amines) is 1. The van der Waals surface area contributed by atoms with Crippen LogP contribution in [0.3, 0.4) is 0 Å². The van der Waals surface area contributed by atoms with Crippen LogP contribution in [0.4, 0.5) is 5.13 Å². The van der Waals surface area contributed by atoms with Gasteiger partial charge in [0.1, 0.15) is 11.9 Å². The summed E-state index contributed by atoms with van der Waals surface area (Å²) in [6.45, 7) is 3.08. The van der Waals surface area contributed by atoms with Gasteiger partial charge in [0, 0.05) is 38.0 Å². The number of rotatable bonds is 7. The summed E-state index contributed by atoms with van der Waals surface area (Å²) in [5.74, 6) is -0.587. The monoisotopic (exact) mass is 575 g/mol. The minimum Gasteiger partial charge on any atom is -0.490 e. The highest BCUT2D eigenvalue weighted by atomic mass is 35.5.